The van der Waals surface area contributed by atoms with E-state index in [1.54, 1.807) is 0 Å². The quantitative estimate of drug-likeness (QED) is 0.676. The SMILES string of the molecule is COCOc1cc(C=O)ccc1F.O=Cc1ccc(F)c(O)c1. The van der Waals surface area contributed by atoms with Crippen LogP contribution in [-0.4, -0.2) is 31.6 Å². The molecule has 0 radical (unpaired) electrons. The van der Waals surface area contributed by atoms with E-state index in [4.69, 9.17) is 9.84 Å². The Balaban J connectivity index is 0.000000238. The lowest BCUT2D eigenvalue weighted by Crippen LogP contribution is -2.01. The van der Waals surface area contributed by atoms with Crippen LogP contribution in [-0.2, 0) is 4.74 Å². The van der Waals surface area contributed by atoms with E-state index in [-0.39, 0.29) is 18.1 Å². The molecule has 0 bridgehead atoms. The van der Waals surface area contributed by atoms with Crippen LogP contribution < -0.4 is 4.74 Å². The predicted octanol–water partition coefficient (Wildman–Crippen LogP) is 2.96. The molecule has 122 valence electrons. The van der Waals surface area contributed by atoms with Crippen molar-refractivity contribution in [1.29, 1.82) is 0 Å². The number of carbonyl (C=O) groups is 2. The average Bonchev–Trinajstić information content (AvgIpc) is 2.57. The Morgan fingerprint density at radius 1 is 1.00 bits per heavy atom. The van der Waals surface area contributed by atoms with Crippen LogP contribution >= 0.6 is 0 Å². The van der Waals surface area contributed by atoms with Crippen LogP contribution in [0, 0.1) is 11.6 Å². The van der Waals surface area contributed by atoms with Gasteiger partial charge >= 0.3 is 0 Å². The summed E-state index contributed by atoms with van der Waals surface area (Å²) in [4.78, 5) is 20.4. The van der Waals surface area contributed by atoms with Crippen LogP contribution in [0.25, 0.3) is 0 Å². The van der Waals surface area contributed by atoms with Crippen molar-refractivity contribution in [3.63, 3.8) is 0 Å². The molecule has 1 N–H and O–H groups in total. The molecule has 0 aliphatic rings. The van der Waals surface area contributed by atoms with Crippen LogP contribution in [0.4, 0.5) is 8.78 Å². The Bertz CT molecular complexity index is 674. The highest BCUT2D eigenvalue weighted by Crippen LogP contribution is 2.17. The summed E-state index contributed by atoms with van der Waals surface area (Å²) in [6.45, 7) is -0.0424. The predicted molar refractivity (Wildman–Crippen MR) is 77.7 cm³/mol. The summed E-state index contributed by atoms with van der Waals surface area (Å²) in [6, 6.07) is 7.28. The smallest absolute Gasteiger partial charge is 0.188 e. The highest BCUT2D eigenvalue weighted by molar-refractivity contribution is 5.75. The first-order chi connectivity index (χ1) is 11.0. The molecule has 2 aromatic carbocycles. The third-order valence-electron chi connectivity index (χ3n) is 2.53. The number of carbonyl (C=O) groups excluding carboxylic acids is 2. The van der Waals surface area contributed by atoms with Crippen LogP contribution in [0.5, 0.6) is 11.5 Å². The number of hydrogen-bond acceptors (Lipinski definition) is 5. The molecule has 0 heterocycles. The standard InChI is InChI=1S/C9H9FO3.C7H5FO2/c1-12-6-13-9-4-7(5-11)2-3-8(9)10;8-6-2-1-5(4-9)3-7(6)10/h2-5H,6H2,1H3;1-4,10H. The van der Waals surface area contributed by atoms with E-state index in [1.165, 1.54) is 31.4 Å². The average molecular weight is 324 g/mol. The number of methoxy groups -OCH3 is 1. The number of aldehydes is 2. The summed E-state index contributed by atoms with van der Waals surface area (Å²) in [5.41, 5.74) is 0.631. The fourth-order valence-corrected chi connectivity index (χ4v) is 1.43. The molecule has 0 aliphatic heterocycles. The van der Waals surface area contributed by atoms with Gasteiger partial charge in [-0.05, 0) is 36.4 Å². The topological polar surface area (TPSA) is 72.8 Å². The first-order valence-electron chi connectivity index (χ1n) is 6.32. The largest absolute Gasteiger partial charge is 0.505 e. The van der Waals surface area contributed by atoms with Crippen molar-refractivity contribution in [1.82, 2.24) is 0 Å². The van der Waals surface area contributed by atoms with Crippen molar-refractivity contribution in [2.24, 2.45) is 0 Å². The lowest BCUT2D eigenvalue weighted by Gasteiger charge is -2.05. The summed E-state index contributed by atoms with van der Waals surface area (Å²) in [5.74, 6) is -1.70. The fraction of sp³-hybridized carbons (Fsp3) is 0.125. The molecule has 0 unspecified atom stereocenters. The summed E-state index contributed by atoms with van der Waals surface area (Å²) >= 11 is 0. The first-order valence-corrected chi connectivity index (χ1v) is 6.32. The number of phenols is 1. The van der Waals surface area contributed by atoms with Gasteiger partial charge in [-0.15, -0.1) is 0 Å². The Morgan fingerprint density at radius 2 is 1.57 bits per heavy atom. The zero-order valence-corrected chi connectivity index (χ0v) is 12.2. The van der Waals surface area contributed by atoms with E-state index >= 15 is 0 Å². The second-order valence-corrected chi connectivity index (χ2v) is 4.19. The second kappa shape index (κ2) is 9.26. The Labute approximate surface area is 131 Å². The van der Waals surface area contributed by atoms with E-state index in [9.17, 15) is 18.4 Å². The molecule has 0 amide bonds. The number of halogens is 2. The minimum atomic E-state index is -0.717. The monoisotopic (exact) mass is 324 g/mol. The number of ether oxygens (including phenoxy) is 2. The number of rotatable bonds is 5. The van der Waals surface area contributed by atoms with Gasteiger partial charge in [0.05, 0.1) is 0 Å². The summed E-state index contributed by atoms with van der Waals surface area (Å²) < 4.78 is 34.7. The van der Waals surface area contributed by atoms with Gasteiger partial charge in [0, 0.05) is 18.2 Å². The zero-order valence-electron chi connectivity index (χ0n) is 12.2. The fourth-order valence-electron chi connectivity index (χ4n) is 1.43. The zero-order chi connectivity index (χ0) is 17.2. The van der Waals surface area contributed by atoms with Crippen LogP contribution in [0.3, 0.4) is 0 Å². The van der Waals surface area contributed by atoms with Gasteiger partial charge in [-0.2, -0.15) is 0 Å². The minimum Gasteiger partial charge on any atom is -0.505 e. The van der Waals surface area contributed by atoms with E-state index in [0.29, 0.717) is 18.1 Å². The molecule has 7 heteroatoms. The van der Waals surface area contributed by atoms with Gasteiger partial charge in [0.25, 0.3) is 0 Å². The normalized spacial score (nSPS) is 9.52. The molecular formula is C16H14F2O5. The first kappa shape index (κ1) is 18.2. The number of benzene rings is 2. The third-order valence-corrected chi connectivity index (χ3v) is 2.53. The molecule has 5 nitrogen and oxygen atoms in total. The van der Waals surface area contributed by atoms with Crippen molar-refractivity contribution in [2.75, 3.05) is 13.9 Å². The minimum absolute atomic E-state index is 0.0199. The molecule has 0 saturated heterocycles. The lowest BCUT2D eigenvalue weighted by atomic mass is 10.2. The number of phenolic OH excluding ortho intramolecular Hbond substituents is 1. The highest BCUT2D eigenvalue weighted by atomic mass is 19.1. The molecular weight excluding hydrogens is 310 g/mol. The van der Waals surface area contributed by atoms with E-state index in [1.807, 2.05) is 0 Å². The highest BCUT2D eigenvalue weighted by Gasteiger charge is 2.03. The third kappa shape index (κ3) is 5.84. The summed E-state index contributed by atoms with van der Waals surface area (Å²) in [5, 5.41) is 8.70. The van der Waals surface area contributed by atoms with Crippen molar-refractivity contribution in [2.45, 2.75) is 0 Å². The van der Waals surface area contributed by atoms with Gasteiger partial charge in [-0.3, -0.25) is 9.59 Å². The van der Waals surface area contributed by atoms with E-state index < -0.39 is 17.4 Å². The molecule has 0 aliphatic carbocycles. The maximum absolute atomic E-state index is 12.9. The molecule has 2 rings (SSSR count). The summed E-state index contributed by atoms with van der Waals surface area (Å²) in [7, 11) is 1.43. The van der Waals surface area contributed by atoms with Crippen molar-refractivity contribution >= 4 is 12.6 Å². The molecule has 0 saturated carbocycles. The van der Waals surface area contributed by atoms with Crippen molar-refractivity contribution in [3.8, 4) is 11.5 Å². The van der Waals surface area contributed by atoms with Gasteiger partial charge in [-0.25, -0.2) is 8.78 Å². The Kier molecular flexibility index (Phi) is 7.35. The Morgan fingerprint density at radius 3 is 2.09 bits per heavy atom. The second-order valence-electron chi connectivity index (χ2n) is 4.19. The summed E-state index contributed by atoms with van der Waals surface area (Å²) in [6.07, 6.45) is 1.16. The maximum Gasteiger partial charge on any atom is 0.188 e. The van der Waals surface area contributed by atoms with Crippen molar-refractivity contribution in [3.05, 3.63) is 59.2 Å². The van der Waals surface area contributed by atoms with Gasteiger partial charge in [0.15, 0.2) is 29.9 Å². The number of aromatic hydroxyl groups is 1. The molecule has 0 spiro atoms. The van der Waals surface area contributed by atoms with E-state index in [0.717, 1.165) is 12.1 Å². The molecule has 2 aromatic rings. The van der Waals surface area contributed by atoms with Gasteiger partial charge in [-0.1, -0.05) is 0 Å². The Hall–Kier alpha value is -2.80. The molecule has 0 fully saturated rings. The van der Waals surface area contributed by atoms with Gasteiger partial charge in [0.2, 0.25) is 0 Å². The van der Waals surface area contributed by atoms with Crippen LogP contribution in [0.1, 0.15) is 20.7 Å². The van der Waals surface area contributed by atoms with Crippen LogP contribution in [0.2, 0.25) is 0 Å². The van der Waals surface area contributed by atoms with Gasteiger partial charge < -0.3 is 14.6 Å². The number of hydrogen-bond donors (Lipinski definition) is 1. The van der Waals surface area contributed by atoms with Crippen molar-refractivity contribution < 1.29 is 33.0 Å². The molecule has 23 heavy (non-hydrogen) atoms. The van der Waals surface area contributed by atoms with E-state index in [2.05, 4.69) is 4.74 Å². The molecule has 0 atom stereocenters. The van der Waals surface area contributed by atoms with Gasteiger partial charge in [0.1, 0.15) is 12.6 Å². The lowest BCUT2D eigenvalue weighted by molar-refractivity contribution is 0.0482. The van der Waals surface area contributed by atoms with Crippen LogP contribution in [0.15, 0.2) is 36.4 Å². The maximum atomic E-state index is 12.9. The molecule has 0 aromatic heterocycles.